The van der Waals surface area contributed by atoms with E-state index in [-0.39, 0.29) is 11.4 Å². The Hall–Kier alpha value is -1.49. The zero-order valence-corrected chi connectivity index (χ0v) is 11.6. The van der Waals surface area contributed by atoms with Crippen molar-refractivity contribution in [3.63, 3.8) is 0 Å². The van der Waals surface area contributed by atoms with Gasteiger partial charge in [0.2, 0.25) is 0 Å². The van der Waals surface area contributed by atoms with Crippen molar-refractivity contribution >= 4 is 6.03 Å². The van der Waals surface area contributed by atoms with Crippen LogP contribution < -0.4 is 10.6 Å². The highest BCUT2D eigenvalue weighted by molar-refractivity contribution is 5.73. The third-order valence-corrected chi connectivity index (χ3v) is 2.48. The van der Waals surface area contributed by atoms with E-state index in [9.17, 15) is 4.79 Å². The van der Waals surface area contributed by atoms with Crippen molar-refractivity contribution in [1.29, 1.82) is 0 Å². The first-order valence-corrected chi connectivity index (χ1v) is 6.08. The zero-order valence-electron chi connectivity index (χ0n) is 11.6. The van der Waals surface area contributed by atoms with E-state index in [0.717, 1.165) is 12.3 Å². The Balaban J connectivity index is 2.24. The van der Waals surface area contributed by atoms with E-state index in [2.05, 4.69) is 29.4 Å². The molecular formula is C13H23N3O2. The Morgan fingerprint density at radius 1 is 1.39 bits per heavy atom. The SMILES string of the molecule is CN(C)CC(C)(C)CNC(=O)NCc1ccco1. The fraction of sp³-hybridized carbons (Fsp3) is 0.615. The molecule has 5 nitrogen and oxygen atoms in total. The molecule has 1 aromatic rings. The van der Waals surface area contributed by atoms with Gasteiger partial charge in [0.1, 0.15) is 5.76 Å². The number of amides is 2. The normalized spacial score (nSPS) is 11.6. The summed E-state index contributed by atoms with van der Waals surface area (Å²) >= 11 is 0. The zero-order chi connectivity index (χ0) is 13.6. The fourth-order valence-corrected chi connectivity index (χ4v) is 1.87. The first kappa shape index (κ1) is 14.6. The van der Waals surface area contributed by atoms with Gasteiger partial charge in [-0.3, -0.25) is 0 Å². The van der Waals surface area contributed by atoms with E-state index in [4.69, 9.17) is 4.42 Å². The average molecular weight is 253 g/mol. The minimum Gasteiger partial charge on any atom is -0.467 e. The first-order chi connectivity index (χ1) is 8.39. The highest BCUT2D eigenvalue weighted by Crippen LogP contribution is 2.13. The molecule has 18 heavy (non-hydrogen) atoms. The second kappa shape index (κ2) is 6.44. The largest absolute Gasteiger partial charge is 0.467 e. The van der Waals surface area contributed by atoms with E-state index in [0.29, 0.717) is 13.1 Å². The number of hydrogen-bond donors (Lipinski definition) is 2. The summed E-state index contributed by atoms with van der Waals surface area (Å²) in [5.41, 5.74) is 0.0471. The molecule has 0 radical (unpaired) electrons. The van der Waals surface area contributed by atoms with E-state index in [1.165, 1.54) is 0 Å². The Kier molecular flexibility index (Phi) is 5.22. The van der Waals surface area contributed by atoms with Crippen molar-refractivity contribution < 1.29 is 9.21 Å². The molecule has 0 spiro atoms. The molecule has 0 atom stereocenters. The summed E-state index contributed by atoms with van der Waals surface area (Å²) in [5, 5.41) is 5.63. The van der Waals surface area contributed by atoms with Crippen LogP contribution >= 0.6 is 0 Å². The molecular weight excluding hydrogens is 230 g/mol. The number of carbonyl (C=O) groups is 1. The first-order valence-electron chi connectivity index (χ1n) is 6.08. The summed E-state index contributed by atoms with van der Waals surface area (Å²) in [6.07, 6.45) is 1.59. The Morgan fingerprint density at radius 3 is 2.67 bits per heavy atom. The lowest BCUT2D eigenvalue weighted by Crippen LogP contribution is -2.43. The van der Waals surface area contributed by atoms with Crippen molar-refractivity contribution in [1.82, 2.24) is 15.5 Å². The average Bonchev–Trinajstić information content (AvgIpc) is 2.74. The van der Waals surface area contributed by atoms with Crippen molar-refractivity contribution in [3.8, 4) is 0 Å². The molecule has 1 heterocycles. The van der Waals surface area contributed by atoms with Crippen LogP contribution in [0.2, 0.25) is 0 Å². The van der Waals surface area contributed by atoms with E-state index >= 15 is 0 Å². The third-order valence-electron chi connectivity index (χ3n) is 2.48. The molecule has 2 N–H and O–H groups in total. The Labute approximate surface area is 109 Å². The topological polar surface area (TPSA) is 57.5 Å². The van der Waals surface area contributed by atoms with Crippen molar-refractivity contribution in [2.45, 2.75) is 20.4 Å². The van der Waals surface area contributed by atoms with Crippen molar-refractivity contribution in [2.24, 2.45) is 5.41 Å². The molecule has 0 aliphatic carbocycles. The number of nitrogens with one attached hydrogen (secondary N) is 2. The van der Waals surface area contributed by atoms with Crippen molar-refractivity contribution in [3.05, 3.63) is 24.2 Å². The molecule has 0 aromatic carbocycles. The van der Waals surface area contributed by atoms with Gasteiger partial charge in [0, 0.05) is 13.1 Å². The van der Waals surface area contributed by atoms with Gasteiger partial charge in [-0.2, -0.15) is 0 Å². The van der Waals surface area contributed by atoms with Crippen LogP contribution in [0.1, 0.15) is 19.6 Å². The van der Waals surface area contributed by atoms with E-state index in [1.54, 1.807) is 12.3 Å². The smallest absolute Gasteiger partial charge is 0.315 e. The van der Waals surface area contributed by atoms with Crippen LogP contribution in [0.4, 0.5) is 4.79 Å². The van der Waals surface area contributed by atoms with Gasteiger partial charge < -0.3 is 20.0 Å². The van der Waals surface area contributed by atoms with Gasteiger partial charge in [-0.15, -0.1) is 0 Å². The summed E-state index contributed by atoms with van der Waals surface area (Å²) in [6.45, 7) is 6.22. The number of rotatable bonds is 6. The lowest BCUT2D eigenvalue weighted by atomic mass is 9.93. The van der Waals surface area contributed by atoms with E-state index < -0.39 is 0 Å². The van der Waals surface area contributed by atoms with Gasteiger partial charge in [-0.25, -0.2) is 4.79 Å². The number of furan rings is 1. The standard InChI is InChI=1S/C13H23N3O2/c1-13(2,10-16(3)4)9-15-12(17)14-8-11-6-5-7-18-11/h5-7H,8-10H2,1-4H3,(H2,14,15,17). The number of nitrogens with zero attached hydrogens (tertiary/aromatic N) is 1. The molecule has 0 unspecified atom stereocenters. The highest BCUT2D eigenvalue weighted by Gasteiger charge is 2.19. The van der Waals surface area contributed by atoms with Gasteiger partial charge in [0.15, 0.2) is 0 Å². The van der Waals surface area contributed by atoms with Crippen LogP contribution in [0.3, 0.4) is 0 Å². The van der Waals surface area contributed by atoms with Crippen molar-refractivity contribution in [2.75, 3.05) is 27.2 Å². The molecule has 0 saturated carbocycles. The summed E-state index contributed by atoms with van der Waals surface area (Å²) in [6, 6.07) is 3.46. The molecule has 0 bridgehead atoms. The molecule has 1 aromatic heterocycles. The molecule has 0 aliphatic heterocycles. The molecule has 0 aliphatic rings. The van der Waals surface area contributed by atoms with Crippen LogP contribution in [0, 0.1) is 5.41 Å². The summed E-state index contributed by atoms with van der Waals surface area (Å²) < 4.78 is 5.13. The second-order valence-corrected chi connectivity index (χ2v) is 5.52. The van der Waals surface area contributed by atoms with Gasteiger partial charge >= 0.3 is 6.03 Å². The number of urea groups is 1. The van der Waals surface area contributed by atoms with Crippen LogP contribution in [0.15, 0.2) is 22.8 Å². The minimum atomic E-state index is -0.168. The van der Waals surface area contributed by atoms with Gasteiger partial charge in [0.25, 0.3) is 0 Å². The lowest BCUT2D eigenvalue weighted by molar-refractivity contribution is 0.215. The van der Waals surface area contributed by atoms with Gasteiger partial charge in [-0.05, 0) is 31.6 Å². The molecule has 1 rings (SSSR count). The second-order valence-electron chi connectivity index (χ2n) is 5.52. The molecule has 102 valence electrons. The van der Waals surface area contributed by atoms with Gasteiger partial charge in [-0.1, -0.05) is 13.8 Å². The summed E-state index contributed by atoms with van der Waals surface area (Å²) in [5.74, 6) is 0.748. The van der Waals surface area contributed by atoms with Crippen LogP contribution in [0.5, 0.6) is 0 Å². The molecule has 0 fully saturated rings. The van der Waals surface area contributed by atoms with E-state index in [1.807, 2.05) is 20.2 Å². The molecule has 2 amide bonds. The van der Waals surface area contributed by atoms with Crippen LogP contribution in [0.25, 0.3) is 0 Å². The summed E-state index contributed by atoms with van der Waals surface area (Å²) in [7, 11) is 4.05. The Morgan fingerprint density at radius 2 is 2.11 bits per heavy atom. The molecule has 5 heteroatoms. The van der Waals surface area contributed by atoms with Gasteiger partial charge in [0.05, 0.1) is 12.8 Å². The lowest BCUT2D eigenvalue weighted by Gasteiger charge is -2.28. The quantitative estimate of drug-likeness (QED) is 0.810. The van der Waals surface area contributed by atoms with Crippen LogP contribution in [-0.2, 0) is 6.54 Å². The monoisotopic (exact) mass is 253 g/mol. The number of hydrogen-bond acceptors (Lipinski definition) is 3. The maximum atomic E-state index is 11.6. The minimum absolute atomic E-state index is 0.0471. The highest BCUT2D eigenvalue weighted by atomic mass is 16.3. The van der Waals surface area contributed by atoms with Crippen LogP contribution in [-0.4, -0.2) is 38.1 Å². The fourth-order valence-electron chi connectivity index (χ4n) is 1.87. The Bertz CT molecular complexity index is 358. The maximum absolute atomic E-state index is 11.6. The predicted molar refractivity (Wildman–Crippen MR) is 71.3 cm³/mol. The maximum Gasteiger partial charge on any atom is 0.315 e. The number of carbonyl (C=O) groups excluding carboxylic acids is 1. The third kappa shape index (κ3) is 5.72. The summed E-state index contributed by atoms with van der Waals surface area (Å²) in [4.78, 5) is 13.7. The molecule has 0 saturated heterocycles. The predicted octanol–water partition coefficient (Wildman–Crippen LogP) is 1.67.